The summed E-state index contributed by atoms with van der Waals surface area (Å²) in [4.78, 5) is 11.9. The number of rotatable bonds is 3. The van der Waals surface area contributed by atoms with Gasteiger partial charge >= 0.3 is 0 Å². The molecule has 0 aromatic heterocycles. The molecule has 1 rings (SSSR count). The van der Waals surface area contributed by atoms with Gasteiger partial charge in [-0.2, -0.15) is 0 Å². The van der Waals surface area contributed by atoms with E-state index in [1.807, 2.05) is 19.9 Å². The number of aryl methyl sites for hydroxylation is 1. The van der Waals surface area contributed by atoms with E-state index >= 15 is 0 Å². The molecule has 0 radical (unpaired) electrons. The van der Waals surface area contributed by atoms with E-state index in [-0.39, 0.29) is 11.9 Å². The molecule has 3 heteroatoms. The van der Waals surface area contributed by atoms with Crippen LogP contribution in [0.2, 0.25) is 0 Å². The summed E-state index contributed by atoms with van der Waals surface area (Å²) in [6, 6.07) is 5.10. The molecule has 1 unspecified atom stereocenters. The third kappa shape index (κ3) is 2.77. The molecule has 1 aromatic rings. The SMILES string of the molecule is C#CC(CC)NC(=O)c1cc(C)ccc1N. The van der Waals surface area contributed by atoms with Crippen LogP contribution in [-0.2, 0) is 0 Å². The molecule has 84 valence electrons. The maximum atomic E-state index is 11.9. The number of benzene rings is 1. The molecule has 1 atom stereocenters. The minimum atomic E-state index is -0.243. The van der Waals surface area contributed by atoms with E-state index in [0.717, 1.165) is 5.56 Å². The number of carbonyl (C=O) groups is 1. The van der Waals surface area contributed by atoms with Crippen LogP contribution in [0, 0.1) is 19.3 Å². The molecule has 0 aliphatic rings. The topological polar surface area (TPSA) is 55.1 Å². The van der Waals surface area contributed by atoms with E-state index in [4.69, 9.17) is 12.2 Å². The molecule has 0 saturated heterocycles. The predicted octanol–water partition coefficient (Wildman–Crippen LogP) is 1.72. The van der Waals surface area contributed by atoms with Gasteiger partial charge in [-0.15, -0.1) is 6.42 Å². The summed E-state index contributed by atoms with van der Waals surface area (Å²) >= 11 is 0. The standard InChI is InChI=1S/C13H16N2O/c1-4-10(5-2)15-13(16)11-8-9(3)6-7-12(11)14/h1,6-8,10H,5,14H2,2-3H3,(H,15,16). The zero-order chi connectivity index (χ0) is 12.1. The van der Waals surface area contributed by atoms with Crippen LogP contribution in [0.3, 0.4) is 0 Å². The molecule has 0 bridgehead atoms. The third-order valence-corrected chi connectivity index (χ3v) is 2.37. The number of nitrogen functional groups attached to an aromatic ring is 1. The number of anilines is 1. The molecular weight excluding hydrogens is 200 g/mol. The quantitative estimate of drug-likeness (QED) is 0.597. The van der Waals surface area contributed by atoms with Crippen LogP contribution >= 0.6 is 0 Å². The molecule has 0 heterocycles. The van der Waals surface area contributed by atoms with E-state index in [1.54, 1.807) is 12.1 Å². The van der Waals surface area contributed by atoms with Gasteiger partial charge in [-0.3, -0.25) is 4.79 Å². The largest absolute Gasteiger partial charge is 0.398 e. The first-order valence-electron chi connectivity index (χ1n) is 5.21. The predicted molar refractivity (Wildman–Crippen MR) is 66.0 cm³/mol. The Balaban J connectivity index is 2.89. The van der Waals surface area contributed by atoms with Gasteiger partial charge in [0.2, 0.25) is 0 Å². The summed E-state index contributed by atoms with van der Waals surface area (Å²) < 4.78 is 0. The van der Waals surface area contributed by atoms with E-state index < -0.39 is 0 Å². The first-order valence-corrected chi connectivity index (χ1v) is 5.21. The average Bonchev–Trinajstić information content (AvgIpc) is 2.28. The van der Waals surface area contributed by atoms with Gasteiger partial charge in [-0.1, -0.05) is 24.5 Å². The highest BCUT2D eigenvalue weighted by atomic mass is 16.1. The van der Waals surface area contributed by atoms with Crippen LogP contribution in [0.25, 0.3) is 0 Å². The first-order chi connectivity index (χ1) is 7.58. The first kappa shape index (κ1) is 12.1. The van der Waals surface area contributed by atoms with E-state index in [0.29, 0.717) is 17.7 Å². The lowest BCUT2D eigenvalue weighted by Gasteiger charge is -2.12. The second-order valence-corrected chi connectivity index (χ2v) is 3.69. The zero-order valence-electron chi connectivity index (χ0n) is 9.58. The number of nitrogens with two attached hydrogens (primary N) is 1. The second kappa shape index (κ2) is 5.22. The molecule has 0 aliphatic carbocycles. The number of nitrogens with one attached hydrogen (secondary N) is 1. The zero-order valence-corrected chi connectivity index (χ0v) is 9.58. The lowest BCUT2D eigenvalue weighted by atomic mass is 10.1. The highest BCUT2D eigenvalue weighted by molar-refractivity contribution is 5.99. The van der Waals surface area contributed by atoms with Crippen molar-refractivity contribution in [1.82, 2.24) is 5.32 Å². The van der Waals surface area contributed by atoms with Crippen LogP contribution in [0.4, 0.5) is 5.69 Å². The Kier molecular flexibility index (Phi) is 3.96. The van der Waals surface area contributed by atoms with Crippen molar-refractivity contribution in [2.24, 2.45) is 0 Å². The lowest BCUT2D eigenvalue weighted by Crippen LogP contribution is -2.33. The van der Waals surface area contributed by atoms with Crippen LogP contribution < -0.4 is 11.1 Å². The van der Waals surface area contributed by atoms with Crippen molar-refractivity contribution < 1.29 is 4.79 Å². The van der Waals surface area contributed by atoms with Crippen molar-refractivity contribution in [3.63, 3.8) is 0 Å². The molecular formula is C13H16N2O. The molecule has 0 aliphatic heterocycles. The van der Waals surface area contributed by atoms with Crippen molar-refractivity contribution in [3.05, 3.63) is 29.3 Å². The minimum absolute atomic E-state index is 0.217. The molecule has 3 nitrogen and oxygen atoms in total. The molecule has 0 fully saturated rings. The van der Waals surface area contributed by atoms with Gasteiger partial charge in [0.05, 0.1) is 11.6 Å². The maximum Gasteiger partial charge on any atom is 0.254 e. The lowest BCUT2D eigenvalue weighted by molar-refractivity contribution is 0.0946. The van der Waals surface area contributed by atoms with Gasteiger partial charge in [0.25, 0.3) is 5.91 Å². The van der Waals surface area contributed by atoms with Gasteiger partial charge < -0.3 is 11.1 Å². The summed E-state index contributed by atoms with van der Waals surface area (Å²) in [5.74, 6) is 2.30. The summed E-state index contributed by atoms with van der Waals surface area (Å²) in [5, 5.41) is 2.75. The molecule has 0 spiro atoms. The molecule has 16 heavy (non-hydrogen) atoms. The summed E-state index contributed by atoms with van der Waals surface area (Å²) in [6.07, 6.45) is 5.98. The normalized spacial score (nSPS) is 11.6. The van der Waals surface area contributed by atoms with E-state index in [2.05, 4.69) is 11.2 Å². The summed E-state index contributed by atoms with van der Waals surface area (Å²) in [7, 11) is 0. The van der Waals surface area contributed by atoms with Crippen molar-refractivity contribution in [2.45, 2.75) is 26.3 Å². The molecule has 1 amide bonds. The molecule has 3 N–H and O–H groups in total. The van der Waals surface area contributed by atoms with Gasteiger partial charge in [-0.05, 0) is 25.5 Å². The van der Waals surface area contributed by atoms with Crippen LogP contribution in [-0.4, -0.2) is 11.9 Å². The molecule has 1 aromatic carbocycles. The highest BCUT2D eigenvalue weighted by Crippen LogP contribution is 2.13. The van der Waals surface area contributed by atoms with E-state index in [1.165, 1.54) is 0 Å². The summed E-state index contributed by atoms with van der Waals surface area (Å²) in [6.45, 7) is 3.83. The van der Waals surface area contributed by atoms with Gasteiger partial charge in [0.15, 0.2) is 0 Å². The Bertz CT molecular complexity index is 432. The van der Waals surface area contributed by atoms with Crippen molar-refractivity contribution >= 4 is 11.6 Å². The van der Waals surface area contributed by atoms with Crippen molar-refractivity contribution in [1.29, 1.82) is 0 Å². The van der Waals surface area contributed by atoms with Crippen LogP contribution in [0.1, 0.15) is 29.3 Å². The Hall–Kier alpha value is -1.95. The number of amides is 1. The minimum Gasteiger partial charge on any atom is -0.398 e. The van der Waals surface area contributed by atoms with Crippen molar-refractivity contribution in [2.75, 3.05) is 5.73 Å². The fraction of sp³-hybridized carbons (Fsp3) is 0.308. The van der Waals surface area contributed by atoms with E-state index in [9.17, 15) is 4.79 Å². The smallest absolute Gasteiger partial charge is 0.254 e. The Morgan fingerprint density at radius 2 is 2.31 bits per heavy atom. The fourth-order valence-corrected chi connectivity index (χ4v) is 1.36. The van der Waals surface area contributed by atoms with Crippen molar-refractivity contribution in [3.8, 4) is 12.3 Å². The number of carbonyl (C=O) groups excluding carboxylic acids is 1. The van der Waals surface area contributed by atoms with Crippen LogP contribution in [0.5, 0.6) is 0 Å². The third-order valence-electron chi connectivity index (χ3n) is 2.37. The number of terminal acetylenes is 1. The van der Waals surface area contributed by atoms with Gasteiger partial charge in [0, 0.05) is 5.69 Å². The second-order valence-electron chi connectivity index (χ2n) is 3.69. The Morgan fingerprint density at radius 1 is 1.62 bits per heavy atom. The average molecular weight is 216 g/mol. The highest BCUT2D eigenvalue weighted by Gasteiger charge is 2.12. The Labute approximate surface area is 96.0 Å². The number of hydrogen-bond donors (Lipinski definition) is 2. The maximum absolute atomic E-state index is 11.9. The summed E-state index contributed by atoms with van der Waals surface area (Å²) in [5.41, 5.74) is 7.68. The molecule has 0 saturated carbocycles. The van der Waals surface area contributed by atoms with Crippen LogP contribution in [0.15, 0.2) is 18.2 Å². The monoisotopic (exact) mass is 216 g/mol. The Morgan fingerprint density at radius 3 is 2.88 bits per heavy atom. The van der Waals surface area contributed by atoms with Gasteiger partial charge in [-0.25, -0.2) is 0 Å². The number of hydrogen-bond acceptors (Lipinski definition) is 2. The van der Waals surface area contributed by atoms with Gasteiger partial charge in [0.1, 0.15) is 0 Å². The fourth-order valence-electron chi connectivity index (χ4n) is 1.36.